The van der Waals surface area contributed by atoms with Crippen molar-refractivity contribution in [2.75, 3.05) is 31.1 Å². The summed E-state index contributed by atoms with van der Waals surface area (Å²) in [4.78, 5) is 5.00. The van der Waals surface area contributed by atoms with Crippen LogP contribution in [0.1, 0.15) is 30.0 Å². The van der Waals surface area contributed by atoms with E-state index in [1.165, 1.54) is 24.0 Å². The first-order chi connectivity index (χ1) is 15.4. The summed E-state index contributed by atoms with van der Waals surface area (Å²) >= 11 is 25.1. The molecule has 0 bridgehead atoms. The van der Waals surface area contributed by atoms with Gasteiger partial charge in [-0.15, -0.1) is 0 Å². The van der Waals surface area contributed by atoms with Gasteiger partial charge in [0.05, 0.1) is 16.8 Å². The number of hydrogen-bond donors (Lipinski definition) is 0. The number of benzene rings is 3. The standard InChI is InChI=1S/C26H24Cl4N2/c27-20-5-1-18(2-6-20)25-16-31(13-14-32(25)24-10-9-22(29)15-23(24)30)17-26(11-12-26)19-3-7-21(28)8-4-19/h1-10,15,25H,11-14,16-17H2. The highest BCUT2D eigenvalue weighted by Crippen LogP contribution is 2.49. The molecule has 3 aromatic carbocycles. The van der Waals surface area contributed by atoms with Gasteiger partial charge in [-0.1, -0.05) is 70.7 Å². The van der Waals surface area contributed by atoms with Gasteiger partial charge in [0, 0.05) is 46.7 Å². The van der Waals surface area contributed by atoms with Crippen LogP contribution < -0.4 is 4.90 Å². The molecular formula is C26H24Cl4N2. The summed E-state index contributed by atoms with van der Waals surface area (Å²) in [7, 11) is 0. The quantitative estimate of drug-likeness (QED) is 0.347. The molecule has 1 atom stereocenters. The van der Waals surface area contributed by atoms with Crippen molar-refractivity contribution in [3.8, 4) is 0 Å². The summed E-state index contributed by atoms with van der Waals surface area (Å²) in [6.07, 6.45) is 2.45. The summed E-state index contributed by atoms with van der Waals surface area (Å²) in [6, 6.07) is 22.5. The fraction of sp³-hybridized carbons (Fsp3) is 0.308. The lowest BCUT2D eigenvalue weighted by molar-refractivity contribution is 0.205. The maximum absolute atomic E-state index is 6.61. The molecule has 0 radical (unpaired) electrons. The van der Waals surface area contributed by atoms with Gasteiger partial charge >= 0.3 is 0 Å². The largest absolute Gasteiger partial charge is 0.361 e. The van der Waals surface area contributed by atoms with E-state index in [1.807, 2.05) is 42.5 Å². The lowest BCUT2D eigenvalue weighted by atomic mass is 9.94. The first-order valence-corrected chi connectivity index (χ1v) is 12.4. The maximum atomic E-state index is 6.61. The van der Waals surface area contributed by atoms with Gasteiger partial charge in [0.25, 0.3) is 0 Å². The summed E-state index contributed by atoms with van der Waals surface area (Å²) < 4.78 is 0. The normalized spacial score (nSPS) is 20.4. The molecule has 1 aliphatic heterocycles. The first kappa shape index (κ1) is 22.4. The molecule has 1 heterocycles. The maximum Gasteiger partial charge on any atom is 0.0670 e. The molecule has 0 spiro atoms. The number of anilines is 1. The van der Waals surface area contributed by atoms with Gasteiger partial charge in [0.1, 0.15) is 0 Å². The molecule has 2 fully saturated rings. The Morgan fingerprint density at radius 3 is 2.00 bits per heavy atom. The van der Waals surface area contributed by atoms with E-state index in [9.17, 15) is 0 Å². The molecule has 166 valence electrons. The highest BCUT2D eigenvalue weighted by atomic mass is 35.5. The molecule has 1 unspecified atom stereocenters. The third-order valence-electron chi connectivity index (χ3n) is 6.77. The Hall–Kier alpha value is -1.42. The molecule has 32 heavy (non-hydrogen) atoms. The second-order valence-corrected chi connectivity index (χ2v) is 10.6. The Bertz CT molecular complexity index is 1090. The van der Waals surface area contributed by atoms with Crippen LogP contribution in [0, 0.1) is 0 Å². The van der Waals surface area contributed by atoms with Gasteiger partial charge in [0.2, 0.25) is 0 Å². The van der Waals surface area contributed by atoms with Crippen molar-refractivity contribution in [2.24, 2.45) is 0 Å². The summed E-state index contributed by atoms with van der Waals surface area (Å²) in [6.45, 7) is 3.86. The minimum atomic E-state index is 0.181. The van der Waals surface area contributed by atoms with E-state index in [0.717, 1.165) is 41.9 Å². The van der Waals surface area contributed by atoms with Crippen LogP contribution in [0.4, 0.5) is 5.69 Å². The van der Waals surface area contributed by atoms with Crippen molar-refractivity contribution >= 4 is 52.1 Å². The van der Waals surface area contributed by atoms with E-state index >= 15 is 0 Å². The monoisotopic (exact) mass is 504 g/mol. The lowest BCUT2D eigenvalue weighted by Gasteiger charge is -2.44. The van der Waals surface area contributed by atoms with Crippen LogP contribution in [0.3, 0.4) is 0 Å². The third kappa shape index (κ3) is 4.62. The van der Waals surface area contributed by atoms with Crippen LogP contribution in [-0.4, -0.2) is 31.1 Å². The number of hydrogen-bond acceptors (Lipinski definition) is 2. The molecule has 2 aliphatic rings. The molecule has 3 aromatic rings. The van der Waals surface area contributed by atoms with Crippen LogP contribution in [0.2, 0.25) is 20.1 Å². The topological polar surface area (TPSA) is 6.48 Å². The Balaban J connectivity index is 1.41. The van der Waals surface area contributed by atoms with E-state index < -0.39 is 0 Å². The van der Waals surface area contributed by atoms with Crippen molar-refractivity contribution in [1.29, 1.82) is 0 Å². The van der Waals surface area contributed by atoms with Crippen LogP contribution in [0.25, 0.3) is 0 Å². The molecular weight excluding hydrogens is 482 g/mol. The number of piperazine rings is 1. The van der Waals surface area contributed by atoms with Gasteiger partial charge in [-0.3, -0.25) is 4.90 Å². The molecule has 1 saturated carbocycles. The van der Waals surface area contributed by atoms with Gasteiger partial charge in [-0.05, 0) is 66.4 Å². The number of nitrogens with zero attached hydrogens (tertiary/aromatic N) is 2. The molecule has 0 aromatic heterocycles. The second-order valence-electron chi connectivity index (χ2n) is 8.88. The van der Waals surface area contributed by atoms with E-state index in [4.69, 9.17) is 46.4 Å². The minimum Gasteiger partial charge on any atom is -0.361 e. The molecule has 0 N–H and O–H groups in total. The number of rotatable bonds is 5. The van der Waals surface area contributed by atoms with Crippen molar-refractivity contribution < 1.29 is 0 Å². The van der Waals surface area contributed by atoms with Crippen LogP contribution in [0.15, 0.2) is 66.7 Å². The minimum absolute atomic E-state index is 0.181. The molecule has 1 aliphatic carbocycles. The van der Waals surface area contributed by atoms with E-state index in [0.29, 0.717) is 10.0 Å². The third-order valence-corrected chi connectivity index (χ3v) is 7.82. The Morgan fingerprint density at radius 2 is 1.38 bits per heavy atom. The molecule has 6 heteroatoms. The Kier molecular flexibility index (Phi) is 6.35. The lowest BCUT2D eigenvalue weighted by Crippen LogP contribution is -2.50. The fourth-order valence-corrected chi connectivity index (χ4v) is 5.65. The predicted molar refractivity (Wildman–Crippen MR) is 137 cm³/mol. The zero-order valence-corrected chi connectivity index (χ0v) is 20.6. The summed E-state index contributed by atoms with van der Waals surface area (Å²) in [5.74, 6) is 0. The van der Waals surface area contributed by atoms with E-state index in [1.54, 1.807) is 0 Å². The van der Waals surface area contributed by atoms with Crippen LogP contribution >= 0.6 is 46.4 Å². The van der Waals surface area contributed by atoms with Crippen molar-refractivity contribution in [2.45, 2.75) is 24.3 Å². The van der Waals surface area contributed by atoms with Gasteiger partial charge in [-0.2, -0.15) is 0 Å². The summed E-state index contributed by atoms with van der Waals surface area (Å²) in [5.41, 5.74) is 3.90. The summed E-state index contributed by atoms with van der Waals surface area (Å²) in [5, 5.41) is 2.88. The average Bonchev–Trinajstić information content (AvgIpc) is 3.56. The molecule has 1 saturated heterocycles. The molecule has 2 nitrogen and oxygen atoms in total. The zero-order valence-electron chi connectivity index (χ0n) is 17.6. The van der Waals surface area contributed by atoms with E-state index in [2.05, 4.69) is 34.1 Å². The van der Waals surface area contributed by atoms with Crippen LogP contribution in [0.5, 0.6) is 0 Å². The van der Waals surface area contributed by atoms with Crippen molar-refractivity contribution in [3.63, 3.8) is 0 Å². The van der Waals surface area contributed by atoms with Crippen molar-refractivity contribution in [3.05, 3.63) is 97.9 Å². The molecule has 0 amide bonds. The molecule has 5 rings (SSSR count). The highest BCUT2D eigenvalue weighted by Gasteiger charge is 2.46. The predicted octanol–water partition coefficient (Wildman–Crippen LogP) is 7.90. The highest BCUT2D eigenvalue weighted by molar-refractivity contribution is 6.36. The fourth-order valence-electron chi connectivity index (χ4n) is 4.88. The smallest absolute Gasteiger partial charge is 0.0670 e. The average molecular weight is 506 g/mol. The Morgan fingerprint density at radius 1 is 0.750 bits per heavy atom. The number of halogens is 4. The van der Waals surface area contributed by atoms with E-state index in [-0.39, 0.29) is 11.5 Å². The van der Waals surface area contributed by atoms with Gasteiger partial charge in [0.15, 0.2) is 0 Å². The van der Waals surface area contributed by atoms with Gasteiger partial charge < -0.3 is 4.90 Å². The van der Waals surface area contributed by atoms with Gasteiger partial charge in [-0.25, -0.2) is 0 Å². The van der Waals surface area contributed by atoms with Crippen molar-refractivity contribution in [1.82, 2.24) is 4.90 Å². The second kappa shape index (κ2) is 9.08. The Labute approximate surface area is 209 Å². The SMILES string of the molecule is Clc1ccc(C2CN(CC3(c4ccc(Cl)cc4)CC3)CCN2c2ccc(Cl)cc2Cl)cc1. The van der Waals surface area contributed by atoms with Crippen LogP contribution in [-0.2, 0) is 5.41 Å². The first-order valence-electron chi connectivity index (χ1n) is 10.9. The zero-order chi connectivity index (χ0) is 22.3.